The molecule has 0 saturated heterocycles. The Morgan fingerprint density at radius 3 is 2.52 bits per heavy atom. The first-order valence-electron chi connectivity index (χ1n) is 8.64. The smallest absolute Gasteiger partial charge is 0.353 e. The molecule has 1 aromatic heterocycles. The van der Waals surface area contributed by atoms with Crippen molar-refractivity contribution in [2.45, 2.75) is 24.9 Å². The number of hydrogen-bond donors (Lipinski definition) is 2. The molecule has 0 spiro atoms. The van der Waals surface area contributed by atoms with Gasteiger partial charge in [0.05, 0.1) is 22.0 Å². The molecule has 0 amide bonds. The topological polar surface area (TPSA) is 53.1 Å². The quantitative estimate of drug-likeness (QED) is 0.704. The summed E-state index contributed by atoms with van der Waals surface area (Å²) in [5, 5.41) is 6.18. The van der Waals surface area contributed by atoms with E-state index in [-0.39, 0.29) is 5.02 Å². The van der Waals surface area contributed by atoms with Crippen molar-refractivity contribution in [2.75, 3.05) is 37.8 Å². The molecule has 0 bridgehead atoms. The van der Waals surface area contributed by atoms with Gasteiger partial charge in [-0.3, -0.25) is 0 Å². The molecule has 27 heavy (non-hydrogen) atoms. The fourth-order valence-electron chi connectivity index (χ4n) is 2.52. The van der Waals surface area contributed by atoms with E-state index in [0.29, 0.717) is 29.9 Å². The van der Waals surface area contributed by atoms with Gasteiger partial charge in [0.15, 0.2) is 0 Å². The Labute approximate surface area is 161 Å². The van der Waals surface area contributed by atoms with Crippen LogP contribution in [0.4, 0.5) is 30.6 Å². The molecule has 1 aromatic carbocycles. The molecule has 1 saturated carbocycles. The van der Waals surface area contributed by atoms with E-state index in [0.717, 1.165) is 37.2 Å². The van der Waals surface area contributed by atoms with Crippen molar-refractivity contribution in [3.05, 3.63) is 40.5 Å². The Bertz CT molecular complexity index is 806. The summed E-state index contributed by atoms with van der Waals surface area (Å²) in [4.78, 5) is 11.0. The fourth-order valence-corrected chi connectivity index (χ4v) is 2.75. The van der Waals surface area contributed by atoms with Gasteiger partial charge in [-0.1, -0.05) is 11.6 Å². The first kappa shape index (κ1) is 19.7. The third-order valence-electron chi connectivity index (χ3n) is 4.14. The minimum Gasteiger partial charge on any atom is -0.353 e. The minimum absolute atomic E-state index is 0.0153. The summed E-state index contributed by atoms with van der Waals surface area (Å²) in [6.07, 6.45) is -2.27. The number of likely N-dealkylation sites (N-methyl/N-ethyl adjacent to an activating group) is 1. The molecule has 0 radical (unpaired) electrons. The Morgan fingerprint density at radius 1 is 1.19 bits per heavy atom. The normalized spacial score (nSPS) is 14.5. The van der Waals surface area contributed by atoms with Gasteiger partial charge in [0, 0.05) is 25.1 Å². The predicted octanol–water partition coefficient (Wildman–Crippen LogP) is 4.74. The summed E-state index contributed by atoms with van der Waals surface area (Å²) in [6, 6.07) is 5.03. The molecular weight excluding hydrogens is 379 g/mol. The maximum absolute atomic E-state index is 12.8. The second kappa shape index (κ2) is 7.90. The van der Waals surface area contributed by atoms with Crippen LogP contribution in [0.2, 0.25) is 5.02 Å². The zero-order valence-corrected chi connectivity index (χ0v) is 15.8. The highest BCUT2D eigenvalue weighted by molar-refractivity contribution is 6.33. The molecule has 0 aliphatic heterocycles. The van der Waals surface area contributed by atoms with Crippen LogP contribution in [0.15, 0.2) is 24.3 Å². The number of nitrogens with one attached hydrogen (secondary N) is 2. The maximum atomic E-state index is 12.8. The first-order valence-corrected chi connectivity index (χ1v) is 9.01. The van der Waals surface area contributed by atoms with Crippen LogP contribution in [0.25, 0.3) is 0 Å². The number of halogens is 4. The van der Waals surface area contributed by atoms with Crippen molar-refractivity contribution in [2.24, 2.45) is 0 Å². The van der Waals surface area contributed by atoms with E-state index in [1.807, 2.05) is 25.1 Å². The van der Waals surface area contributed by atoms with Gasteiger partial charge in [0.1, 0.15) is 5.82 Å². The van der Waals surface area contributed by atoms with E-state index in [1.165, 1.54) is 6.07 Å². The lowest BCUT2D eigenvalue weighted by Crippen LogP contribution is -2.21. The second-order valence-corrected chi connectivity index (χ2v) is 7.23. The Balaban J connectivity index is 1.80. The number of anilines is 3. The van der Waals surface area contributed by atoms with Crippen LogP contribution in [0, 0.1) is 0 Å². The number of benzene rings is 1. The van der Waals surface area contributed by atoms with Gasteiger partial charge in [-0.05, 0) is 45.1 Å². The highest BCUT2D eigenvalue weighted by Gasteiger charge is 2.31. The van der Waals surface area contributed by atoms with Crippen LogP contribution in [-0.2, 0) is 6.18 Å². The van der Waals surface area contributed by atoms with Crippen molar-refractivity contribution < 1.29 is 13.2 Å². The van der Waals surface area contributed by atoms with E-state index < -0.39 is 11.7 Å². The van der Waals surface area contributed by atoms with Gasteiger partial charge in [-0.25, -0.2) is 4.98 Å². The van der Waals surface area contributed by atoms with Crippen molar-refractivity contribution in [3.8, 4) is 0 Å². The zero-order valence-electron chi connectivity index (χ0n) is 15.1. The fraction of sp³-hybridized carbons (Fsp3) is 0.444. The third-order valence-corrected chi connectivity index (χ3v) is 4.46. The zero-order chi connectivity index (χ0) is 19.6. The highest BCUT2D eigenvalue weighted by atomic mass is 35.5. The first-order chi connectivity index (χ1) is 12.7. The van der Waals surface area contributed by atoms with Crippen LogP contribution in [-0.4, -0.2) is 42.1 Å². The highest BCUT2D eigenvalue weighted by Crippen LogP contribution is 2.40. The Morgan fingerprint density at radius 2 is 1.93 bits per heavy atom. The van der Waals surface area contributed by atoms with E-state index in [1.54, 1.807) is 0 Å². The Hall–Kier alpha value is -2.06. The van der Waals surface area contributed by atoms with Crippen molar-refractivity contribution in [1.29, 1.82) is 0 Å². The standard InChI is InChI=1S/C18H21ClF3N5/c1-27(2)8-7-23-17-25-15(11-3-4-11)10-16(26-17)24-14-6-5-12(9-13(14)19)18(20,21)22/h5-6,9-11H,3-4,7-8H2,1-2H3,(H2,23,24,25,26). The molecule has 1 fully saturated rings. The van der Waals surface area contributed by atoms with Gasteiger partial charge >= 0.3 is 6.18 Å². The lowest BCUT2D eigenvalue weighted by Gasteiger charge is -2.14. The van der Waals surface area contributed by atoms with Gasteiger partial charge in [0.2, 0.25) is 5.95 Å². The Kier molecular flexibility index (Phi) is 5.76. The second-order valence-electron chi connectivity index (χ2n) is 6.82. The summed E-state index contributed by atoms with van der Waals surface area (Å²) < 4.78 is 38.4. The van der Waals surface area contributed by atoms with Gasteiger partial charge in [-0.2, -0.15) is 18.2 Å². The summed E-state index contributed by atoms with van der Waals surface area (Å²) in [5.74, 6) is 1.40. The molecule has 5 nitrogen and oxygen atoms in total. The lowest BCUT2D eigenvalue weighted by molar-refractivity contribution is -0.137. The average molecular weight is 400 g/mol. The summed E-state index contributed by atoms with van der Waals surface area (Å²) in [5.41, 5.74) is 0.498. The van der Waals surface area contributed by atoms with Gasteiger partial charge < -0.3 is 15.5 Å². The van der Waals surface area contributed by atoms with Crippen LogP contribution in [0.5, 0.6) is 0 Å². The van der Waals surface area contributed by atoms with E-state index >= 15 is 0 Å². The number of nitrogens with zero attached hydrogens (tertiary/aromatic N) is 3. The van der Waals surface area contributed by atoms with Crippen LogP contribution in [0.3, 0.4) is 0 Å². The molecule has 9 heteroatoms. The molecule has 0 atom stereocenters. The minimum atomic E-state index is -4.43. The predicted molar refractivity (Wildman–Crippen MR) is 101 cm³/mol. The molecule has 3 rings (SSSR count). The molecule has 2 N–H and O–H groups in total. The largest absolute Gasteiger partial charge is 0.416 e. The van der Waals surface area contributed by atoms with Crippen molar-refractivity contribution >= 4 is 29.1 Å². The number of alkyl halides is 3. The van der Waals surface area contributed by atoms with E-state index in [4.69, 9.17) is 11.6 Å². The maximum Gasteiger partial charge on any atom is 0.416 e. The van der Waals surface area contributed by atoms with Crippen LogP contribution >= 0.6 is 11.6 Å². The molecule has 0 unspecified atom stereocenters. The number of aromatic nitrogens is 2. The molecule has 1 heterocycles. The monoisotopic (exact) mass is 399 g/mol. The van der Waals surface area contributed by atoms with Crippen LogP contribution in [0.1, 0.15) is 30.0 Å². The number of hydrogen-bond acceptors (Lipinski definition) is 5. The van der Waals surface area contributed by atoms with E-state index in [9.17, 15) is 13.2 Å². The summed E-state index contributed by atoms with van der Waals surface area (Å²) in [6.45, 7) is 1.51. The summed E-state index contributed by atoms with van der Waals surface area (Å²) >= 11 is 6.03. The average Bonchev–Trinajstić information content (AvgIpc) is 3.40. The van der Waals surface area contributed by atoms with Gasteiger partial charge in [0.25, 0.3) is 0 Å². The molecule has 1 aliphatic rings. The molecular formula is C18H21ClF3N5. The van der Waals surface area contributed by atoms with Crippen molar-refractivity contribution in [3.63, 3.8) is 0 Å². The third kappa shape index (κ3) is 5.46. The molecule has 2 aromatic rings. The van der Waals surface area contributed by atoms with Crippen molar-refractivity contribution in [1.82, 2.24) is 14.9 Å². The SMILES string of the molecule is CN(C)CCNc1nc(Nc2ccc(C(F)(F)F)cc2Cl)cc(C2CC2)n1. The van der Waals surface area contributed by atoms with Crippen LogP contribution < -0.4 is 10.6 Å². The van der Waals surface area contributed by atoms with Gasteiger partial charge in [-0.15, -0.1) is 0 Å². The molecule has 1 aliphatic carbocycles. The van der Waals surface area contributed by atoms with E-state index in [2.05, 4.69) is 20.6 Å². The number of rotatable bonds is 7. The summed E-state index contributed by atoms with van der Waals surface area (Å²) in [7, 11) is 3.95. The lowest BCUT2D eigenvalue weighted by atomic mass is 10.2. The molecule has 146 valence electrons.